The van der Waals surface area contributed by atoms with Crippen molar-refractivity contribution in [1.82, 2.24) is 14.9 Å². The quantitative estimate of drug-likeness (QED) is 0.547. The van der Waals surface area contributed by atoms with E-state index in [1.54, 1.807) is 19.4 Å². The van der Waals surface area contributed by atoms with Gasteiger partial charge in [-0.3, -0.25) is 24.5 Å². The second kappa shape index (κ2) is 18.0. The van der Waals surface area contributed by atoms with Crippen molar-refractivity contribution in [1.29, 1.82) is 0 Å². The molecule has 1 aromatic heterocycles. The summed E-state index contributed by atoms with van der Waals surface area (Å²) in [4.78, 5) is 30.1. The van der Waals surface area contributed by atoms with Crippen molar-refractivity contribution in [2.24, 2.45) is 4.99 Å². The maximum Gasteiger partial charge on any atom is 0.263 e. The number of benzodiazepines with no additional fused rings is 1. The molecule has 0 saturated carbocycles. The molecule has 1 atom stereocenters. The van der Waals surface area contributed by atoms with Crippen LogP contribution in [-0.4, -0.2) is 40.8 Å². The third-order valence-electron chi connectivity index (χ3n) is 3.91. The number of para-hydroxylation sites is 1. The highest BCUT2D eigenvalue weighted by Crippen LogP contribution is 2.23. The van der Waals surface area contributed by atoms with Gasteiger partial charge in [0, 0.05) is 23.5 Å². The standard InChI is InChI=1S/C16H15N3O.C4H4N2O.3C2H6/c1-17-15-16(20)18-13-10-6-5-9-12(13)14(19-15)11-7-3-2-4-8-11;7-4-6-2-1-5-3-6;3*1-2/h2-10,15,17H,1H3,(H,18,20);1-4H;3*1-2H3. The van der Waals surface area contributed by atoms with Crippen molar-refractivity contribution in [3.63, 3.8) is 0 Å². The van der Waals surface area contributed by atoms with Gasteiger partial charge in [0.1, 0.15) is 6.33 Å². The number of benzene rings is 2. The first kappa shape index (κ1) is 29.4. The van der Waals surface area contributed by atoms with Crippen molar-refractivity contribution in [3.05, 3.63) is 84.4 Å². The highest BCUT2D eigenvalue weighted by Gasteiger charge is 2.23. The van der Waals surface area contributed by atoms with Gasteiger partial charge < -0.3 is 5.32 Å². The second-order valence-corrected chi connectivity index (χ2v) is 5.69. The van der Waals surface area contributed by atoms with E-state index in [1.165, 1.54) is 10.9 Å². The lowest BCUT2D eigenvalue weighted by Gasteiger charge is -2.09. The lowest BCUT2D eigenvalue weighted by molar-refractivity contribution is -0.117. The van der Waals surface area contributed by atoms with Crippen LogP contribution >= 0.6 is 0 Å². The maximum atomic E-state index is 12.1. The van der Waals surface area contributed by atoms with Gasteiger partial charge in [0.05, 0.1) is 11.4 Å². The Morgan fingerprint density at radius 3 is 2.06 bits per heavy atom. The molecule has 0 saturated heterocycles. The minimum Gasteiger partial charge on any atom is -0.322 e. The molecule has 2 aromatic carbocycles. The molecular weight excluding hydrogens is 414 g/mol. The number of imidazole rings is 1. The molecule has 0 aliphatic carbocycles. The molecule has 0 fully saturated rings. The van der Waals surface area contributed by atoms with Crippen LogP contribution in [0.3, 0.4) is 0 Å². The maximum absolute atomic E-state index is 12.1. The topological polar surface area (TPSA) is 88.4 Å². The Morgan fingerprint density at radius 2 is 1.55 bits per heavy atom. The van der Waals surface area contributed by atoms with Crippen molar-refractivity contribution in [3.8, 4) is 0 Å². The summed E-state index contributed by atoms with van der Waals surface area (Å²) in [5, 5.41) is 5.84. The summed E-state index contributed by atoms with van der Waals surface area (Å²) in [6.07, 6.45) is 4.67. The molecule has 4 rings (SSSR count). The molecule has 1 amide bonds. The summed E-state index contributed by atoms with van der Waals surface area (Å²) in [5.41, 5.74) is 3.54. The van der Waals surface area contributed by atoms with E-state index >= 15 is 0 Å². The van der Waals surface area contributed by atoms with Gasteiger partial charge in [-0.2, -0.15) is 0 Å². The van der Waals surface area contributed by atoms with E-state index in [4.69, 9.17) is 0 Å². The van der Waals surface area contributed by atoms with Crippen LogP contribution in [0.25, 0.3) is 0 Å². The van der Waals surface area contributed by atoms with E-state index in [0.29, 0.717) is 6.41 Å². The molecule has 0 bridgehead atoms. The van der Waals surface area contributed by atoms with E-state index in [-0.39, 0.29) is 5.91 Å². The summed E-state index contributed by atoms with van der Waals surface area (Å²) in [7, 11) is 1.73. The highest BCUT2D eigenvalue weighted by molar-refractivity contribution is 6.19. The van der Waals surface area contributed by atoms with Gasteiger partial charge in [0.2, 0.25) is 6.41 Å². The largest absolute Gasteiger partial charge is 0.322 e. The van der Waals surface area contributed by atoms with Gasteiger partial charge >= 0.3 is 0 Å². The zero-order valence-electron chi connectivity index (χ0n) is 20.7. The summed E-state index contributed by atoms with van der Waals surface area (Å²) in [6.45, 7) is 12.0. The fourth-order valence-corrected chi connectivity index (χ4v) is 2.61. The normalized spacial score (nSPS) is 13.1. The molecule has 2 N–H and O–H groups in total. The first-order valence-electron chi connectivity index (χ1n) is 11.4. The minimum atomic E-state index is -0.586. The Kier molecular flexibility index (Phi) is 16.1. The third-order valence-corrected chi connectivity index (χ3v) is 3.91. The fraction of sp³-hybridized carbons (Fsp3) is 0.308. The molecule has 0 spiro atoms. The van der Waals surface area contributed by atoms with Gasteiger partial charge in [-0.05, 0) is 13.1 Å². The highest BCUT2D eigenvalue weighted by atomic mass is 16.2. The molecule has 178 valence electrons. The molecule has 3 aromatic rings. The van der Waals surface area contributed by atoms with Crippen LogP contribution in [0.4, 0.5) is 5.69 Å². The molecule has 1 aliphatic heterocycles. The number of nitrogens with zero attached hydrogens (tertiary/aromatic N) is 3. The van der Waals surface area contributed by atoms with Crippen LogP contribution in [0, 0.1) is 0 Å². The predicted molar refractivity (Wildman–Crippen MR) is 138 cm³/mol. The summed E-state index contributed by atoms with van der Waals surface area (Å²) >= 11 is 0. The minimum absolute atomic E-state index is 0.147. The molecule has 7 heteroatoms. The SMILES string of the molecule is CC.CC.CC.CNC1N=C(c2ccccc2)c2ccccc2NC1=O.O=Cn1ccnc1. The number of likely N-dealkylation sites (N-methyl/N-ethyl adjacent to an activating group) is 1. The van der Waals surface area contributed by atoms with Crippen LogP contribution in [-0.2, 0) is 9.59 Å². The molecule has 1 unspecified atom stereocenters. The number of aliphatic imine (C=N–C) groups is 1. The first-order valence-corrected chi connectivity index (χ1v) is 11.4. The molecule has 7 nitrogen and oxygen atoms in total. The lowest BCUT2D eigenvalue weighted by Crippen LogP contribution is -2.36. The van der Waals surface area contributed by atoms with Crippen LogP contribution in [0.5, 0.6) is 0 Å². The van der Waals surface area contributed by atoms with Crippen LogP contribution in [0.1, 0.15) is 52.7 Å². The van der Waals surface area contributed by atoms with Gasteiger partial charge in [0.15, 0.2) is 6.17 Å². The van der Waals surface area contributed by atoms with Crippen molar-refractivity contribution < 1.29 is 9.59 Å². The number of hydrogen-bond donors (Lipinski definition) is 2. The van der Waals surface area contributed by atoms with Crippen LogP contribution in [0.2, 0.25) is 0 Å². The summed E-state index contributed by atoms with van der Waals surface area (Å²) in [6, 6.07) is 17.6. The summed E-state index contributed by atoms with van der Waals surface area (Å²) in [5.74, 6) is -0.147. The molecule has 2 heterocycles. The van der Waals surface area contributed by atoms with Crippen molar-refractivity contribution in [2.75, 3.05) is 12.4 Å². The van der Waals surface area contributed by atoms with Gasteiger partial charge in [0.25, 0.3) is 5.91 Å². The Bertz CT molecular complexity index is 938. The van der Waals surface area contributed by atoms with E-state index in [1.807, 2.05) is 96.1 Å². The Labute approximate surface area is 198 Å². The average Bonchev–Trinajstić information content (AvgIpc) is 3.39. The van der Waals surface area contributed by atoms with E-state index in [9.17, 15) is 9.59 Å². The third kappa shape index (κ3) is 9.21. The number of nitrogens with one attached hydrogen (secondary N) is 2. The fourth-order valence-electron chi connectivity index (χ4n) is 2.61. The molecule has 1 aliphatic rings. The van der Waals surface area contributed by atoms with Gasteiger partial charge in [-0.15, -0.1) is 0 Å². The van der Waals surface area contributed by atoms with Crippen molar-refractivity contribution in [2.45, 2.75) is 47.7 Å². The summed E-state index contributed by atoms with van der Waals surface area (Å²) < 4.78 is 1.33. The van der Waals surface area contributed by atoms with Crippen LogP contribution in [0.15, 0.2) is 78.3 Å². The smallest absolute Gasteiger partial charge is 0.263 e. The number of amides is 1. The number of fused-ring (bicyclic) bond motifs is 1. The van der Waals surface area contributed by atoms with Crippen molar-refractivity contribution >= 4 is 23.7 Å². The number of carbonyl (C=O) groups excluding carboxylic acids is 2. The first-order chi connectivity index (χ1) is 16.2. The second-order valence-electron chi connectivity index (χ2n) is 5.69. The van der Waals surface area contributed by atoms with E-state index in [2.05, 4.69) is 20.6 Å². The molecule has 0 radical (unpaired) electrons. The Balaban J connectivity index is 0.000000659. The number of hydrogen-bond acceptors (Lipinski definition) is 5. The Hall–Kier alpha value is -3.58. The van der Waals surface area contributed by atoms with Gasteiger partial charge in [-0.1, -0.05) is 90.1 Å². The molecular formula is C26H37N5O2. The van der Waals surface area contributed by atoms with E-state index < -0.39 is 6.17 Å². The zero-order valence-corrected chi connectivity index (χ0v) is 20.7. The number of rotatable bonds is 3. The monoisotopic (exact) mass is 451 g/mol. The number of carbonyl (C=O) groups is 2. The predicted octanol–water partition coefficient (Wildman–Crippen LogP) is 5.02. The zero-order chi connectivity index (χ0) is 25.1. The molecule has 33 heavy (non-hydrogen) atoms. The number of anilines is 1. The lowest BCUT2D eigenvalue weighted by atomic mass is 10.0. The van der Waals surface area contributed by atoms with E-state index in [0.717, 1.165) is 22.5 Å². The number of aromatic nitrogens is 2. The van der Waals surface area contributed by atoms with Crippen LogP contribution < -0.4 is 10.6 Å². The van der Waals surface area contributed by atoms with Gasteiger partial charge in [-0.25, -0.2) is 4.98 Å². The average molecular weight is 452 g/mol. The Morgan fingerprint density at radius 1 is 0.939 bits per heavy atom.